The van der Waals surface area contributed by atoms with Crippen molar-refractivity contribution in [3.05, 3.63) is 72.1 Å². The Morgan fingerprint density at radius 1 is 1.00 bits per heavy atom. The van der Waals surface area contributed by atoms with Gasteiger partial charge in [-0.1, -0.05) is 12.1 Å². The summed E-state index contributed by atoms with van der Waals surface area (Å²) in [6.45, 7) is 0.636. The predicted molar refractivity (Wildman–Crippen MR) is 108 cm³/mol. The lowest BCUT2D eigenvalue weighted by atomic mass is 10.1. The number of nitrogens with one attached hydrogen (secondary N) is 2. The summed E-state index contributed by atoms with van der Waals surface area (Å²) in [7, 11) is 3.24. The maximum atomic E-state index is 12.4. The van der Waals surface area contributed by atoms with Crippen LogP contribution in [0.1, 0.15) is 16.1 Å². The molecule has 0 atom stereocenters. The van der Waals surface area contributed by atoms with Crippen molar-refractivity contribution in [3.63, 3.8) is 0 Å². The van der Waals surface area contributed by atoms with E-state index in [1.807, 2.05) is 24.3 Å². The summed E-state index contributed by atoms with van der Waals surface area (Å²) >= 11 is 0. The first-order chi connectivity index (χ1) is 13.7. The molecule has 0 saturated heterocycles. The largest absolute Gasteiger partial charge is 0.497 e. The second kappa shape index (κ2) is 9.36. The molecule has 7 nitrogen and oxygen atoms in total. The van der Waals surface area contributed by atoms with E-state index >= 15 is 0 Å². The molecule has 0 aliphatic heterocycles. The molecule has 144 valence electrons. The molecule has 0 spiro atoms. The lowest BCUT2D eigenvalue weighted by Gasteiger charge is -2.08. The van der Waals surface area contributed by atoms with E-state index < -0.39 is 0 Å². The molecule has 3 aromatic rings. The minimum absolute atomic E-state index is 0.287. The Bertz CT molecular complexity index is 929. The summed E-state index contributed by atoms with van der Waals surface area (Å²) in [5, 5.41) is 5.95. The molecule has 7 heteroatoms. The van der Waals surface area contributed by atoms with Gasteiger partial charge in [0.05, 0.1) is 14.2 Å². The van der Waals surface area contributed by atoms with Crippen LogP contribution in [0, 0.1) is 0 Å². The van der Waals surface area contributed by atoms with Crippen LogP contribution in [0.2, 0.25) is 0 Å². The molecular formula is C21H22N4O3. The summed E-state index contributed by atoms with van der Waals surface area (Å²) in [6, 6.07) is 16.6. The number of anilines is 2. The molecule has 0 fully saturated rings. The highest BCUT2D eigenvalue weighted by Gasteiger charge is 2.09. The Morgan fingerprint density at radius 2 is 1.79 bits per heavy atom. The number of hydrogen-bond acceptors (Lipinski definition) is 6. The first-order valence-corrected chi connectivity index (χ1v) is 8.83. The standard InChI is InChI=1S/C21H22N4O3/c1-27-17-8-6-16(7-9-17)24-20(26)19-11-13-23-21(25-19)22-12-10-15-4-3-5-18(14-15)28-2/h3-9,11,13-14H,10,12H2,1-2H3,(H,24,26)(H,22,23,25). The number of aromatic nitrogens is 2. The van der Waals surface area contributed by atoms with Gasteiger partial charge < -0.3 is 20.1 Å². The Labute approximate surface area is 163 Å². The zero-order valence-electron chi connectivity index (χ0n) is 15.8. The van der Waals surface area contributed by atoms with Crippen LogP contribution in [0.4, 0.5) is 11.6 Å². The number of rotatable bonds is 8. The highest BCUT2D eigenvalue weighted by atomic mass is 16.5. The third-order valence-corrected chi connectivity index (χ3v) is 4.07. The Morgan fingerprint density at radius 3 is 2.54 bits per heavy atom. The van der Waals surface area contributed by atoms with Crippen molar-refractivity contribution in [2.45, 2.75) is 6.42 Å². The van der Waals surface area contributed by atoms with E-state index in [1.165, 1.54) is 0 Å². The van der Waals surface area contributed by atoms with Crippen LogP contribution < -0.4 is 20.1 Å². The number of methoxy groups -OCH3 is 2. The number of carbonyl (C=O) groups is 1. The fourth-order valence-corrected chi connectivity index (χ4v) is 2.59. The van der Waals surface area contributed by atoms with Gasteiger partial charge in [-0.05, 0) is 54.4 Å². The smallest absolute Gasteiger partial charge is 0.274 e. The highest BCUT2D eigenvalue weighted by Crippen LogP contribution is 2.16. The SMILES string of the molecule is COc1ccc(NC(=O)c2ccnc(NCCc3cccc(OC)c3)n2)cc1. The van der Waals surface area contributed by atoms with Crippen molar-refractivity contribution < 1.29 is 14.3 Å². The number of ether oxygens (including phenoxy) is 2. The number of hydrogen-bond donors (Lipinski definition) is 2. The summed E-state index contributed by atoms with van der Waals surface area (Å²) in [6.07, 6.45) is 2.34. The molecule has 0 aliphatic rings. The van der Waals surface area contributed by atoms with E-state index in [9.17, 15) is 4.79 Å². The van der Waals surface area contributed by atoms with Crippen molar-refractivity contribution in [1.29, 1.82) is 0 Å². The van der Waals surface area contributed by atoms with Crippen molar-refractivity contribution in [2.75, 3.05) is 31.4 Å². The molecular weight excluding hydrogens is 356 g/mol. The van der Waals surface area contributed by atoms with Gasteiger partial charge >= 0.3 is 0 Å². The Kier molecular flexibility index (Phi) is 6.41. The third-order valence-electron chi connectivity index (χ3n) is 4.07. The molecule has 2 N–H and O–H groups in total. The van der Waals surface area contributed by atoms with Crippen LogP contribution in [-0.2, 0) is 6.42 Å². The van der Waals surface area contributed by atoms with E-state index in [-0.39, 0.29) is 11.6 Å². The Hall–Kier alpha value is -3.61. The fraction of sp³-hybridized carbons (Fsp3) is 0.190. The van der Waals surface area contributed by atoms with Crippen LogP contribution in [0.15, 0.2) is 60.8 Å². The van der Waals surface area contributed by atoms with Crippen LogP contribution in [0.5, 0.6) is 11.5 Å². The average Bonchev–Trinajstić information content (AvgIpc) is 2.74. The second-order valence-electron chi connectivity index (χ2n) is 5.98. The molecule has 1 heterocycles. The van der Waals surface area contributed by atoms with Gasteiger partial charge in [-0.15, -0.1) is 0 Å². The minimum atomic E-state index is -0.302. The molecule has 1 aromatic heterocycles. The van der Waals surface area contributed by atoms with Crippen LogP contribution in [0.25, 0.3) is 0 Å². The molecule has 0 bridgehead atoms. The number of carbonyl (C=O) groups excluding carboxylic acids is 1. The first kappa shape index (κ1) is 19.2. The van der Waals surface area contributed by atoms with Gasteiger partial charge in [0.1, 0.15) is 17.2 Å². The molecule has 1 amide bonds. The second-order valence-corrected chi connectivity index (χ2v) is 5.98. The van der Waals surface area contributed by atoms with Crippen LogP contribution >= 0.6 is 0 Å². The van der Waals surface area contributed by atoms with Crippen molar-refractivity contribution in [2.24, 2.45) is 0 Å². The van der Waals surface area contributed by atoms with Crippen molar-refractivity contribution >= 4 is 17.5 Å². The van der Waals surface area contributed by atoms with Crippen molar-refractivity contribution in [3.8, 4) is 11.5 Å². The van der Waals surface area contributed by atoms with Crippen LogP contribution in [0.3, 0.4) is 0 Å². The van der Waals surface area contributed by atoms with E-state index in [0.29, 0.717) is 18.2 Å². The van der Waals surface area contributed by atoms with Gasteiger partial charge in [0, 0.05) is 18.4 Å². The number of nitrogens with zero attached hydrogens (tertiary/aromatic N) is 2. The van der Waals surface area contributed by atoms with E-state index in [4.69, 9.17) is 9.47 Å². The lowest BCUT2D eigenvalue weighted by molar-refractivity contribution is 0.102. The lowest BCUT2D eigenvalue weighted by Crippen LogP contribution is -2.16. The van der Waals surface area contributed by atoms with E-state index in [1.54, 1.807) is 50.7 Å². The van der Waals surface area contributed by atoms with Gasteiger partial charge in [0.15, 0.2) is 0 Å². The number of amides is 1. The third kappa shape index (κ3) is 5.20. The average molecular weight is 378 g/mol. The zero-order chi connectivity index (χ0) is 19.8. The summed E-state index contributed by atoms with van der Waals surface area (Å²) in [4.78, 5) is 20.9. The highest BCUT2D eigenvalue weighted by molar-refractivity contribution is 6.02. The molecule has 2 aromatic carbocycles. The fourth-order valence-electron chi connectivity index (χ4n) is 2.59. The predicted octanol–water partition coefficient (Wildman–Crippen LogP) is 3.40. The van der Waals surface area contributed by atoms with E-state index in [2.05, 4.69) is 20.6 Å². The topological polar surface area (TPSA) is 85.4 Å². The molecule has 0 unspecified atom stereocenters. The van der Waals surface area contributed by atoms with Crippen LogP contribution in [-0.4, -0.2) is 36.6 Å². The number of benzene rings is 2. The molecule has 28 heavy (non-hydrogen) atoms. The molecule has 0 radical (unpaired) electrons. The van der Waals surface area contributed by atoms with Gasteiger partial charge in [0.25, 0.3) is 5.91 Å². The zero-order valence-corrected chi connectivity index (χ0v) is 15.8. The van der Waals surface area contributed by atoms with Crippen molar-refractivity contribution in [1.82, 2.24) is 9.97 Å². The maximum Gasteiger partial charge on any atom is 0.274 e. The molecule has 3 rings (SSSR count). The summed E-state index contributed by atoms with van der Waals surface area (Å²) in [5.74, 6) is 1.65. The normalized spacial score (nSPS) is 10.2. The first-order valence-electron chi connectivity index (χ1n) is 8.83. The monoisotopic (exact) mass is 378 g/mol. The van der Waals surface area contributed by atoms with E-state index in [0.717, 1.165) is 23.5 Å². The molecule has 0 aliphatic carbocycles. The Balaban J connectivity index is 1.57. The summed E-state index contributed by atoms with van der Waals surface area (Å²) in [5.41, 5.74) is 2.09. The van der Waals surface area contributed by atoms with Gasteiger partial charge in [-0.2, -0.15) is 0 Å². The summed E-state index contributed by atoms with van der Waals surface area (Å²) < 4.78 is 10.3. The minimum Gasteiger partial charge on any atom is -0.497 e. The van der Waals surface area contributed by atoms with Gasteiger partial charge in [0.2, 0.25) is 5.95 Å². The quantitative estimate of drug-likeness (QED) is 0.625. The maximum absolute atomic E-state index is 12.4. The van der Waals surface area contributed by atoms with Gasteiger partial charge in [-0.25, -0.2) is 9.97 Å². The molecule has 0 saturated carbocycles. The van der Waals surface area contributed by atoms with Gasteiger partial charge in [-0.3, -0.25) is 4.79 Å².